The second-order valence-corrected chi connectivity index (χ2v) is 11.9. The second-order valence-electron chi connectivity index (χ2n) is 9.95. The van der Waals surface area contributed by atoms with Gasteiger partial charge in [-0.25, -0.2) is 0 Å². The van der Waals surface area contributed by atoms with Crippen LogP contribution in [-0.4, -0.2) is 74.8 Å². The Morgan fingerprint density at radius 3 is 2.43 bits per heavy atom. The number of nitrogens with one attached hydrogen (secondary N) is 1. The van der Waals surface area contributed by atoms with Gasteiger partial charge in [-0.05, 0) is 55.5 Å². The zero-order valence-electron chi connectivity index (χ0n) is 21.2. The molecule has 2 saturated heterocycles. The smallest absolute Gasteiger partial charge is 0.282 e. The van der Waals surface area contributed by atoms with Crippen molar-refractivity contribution in [1.82, 2.24) is 13.9 Å². The van der Waals surface area contributed by atoms with Crippen molar-refractivity contribution < 1.29 is 22.7 Å². The van der Waals surface area contributed by atoms with Crippen LogP contribution in [0.1, 0.15) is 39.9 Å². The second kappa shape index (κ2) is 10.9. The molecule has 37 heavy (non-hydrogen) atoms. The Balaban J connectivity index is 1.14. The molecule has 2 fully saturated rings. The Labute approximate surface area is 218 Å². The average Bonchev–Trinajstić information content (AvgIpc) is 3.35. The third-order valence-electron chi connectivity index (χ3n) is 7.46. The maximum Gasteiger partial charge on any atom is 0.282 e. The molecule has 3 heterocycles. The van der Waals surface area contributed by atoms with Crippen molar-refractivity contribution in [3.8, 4) is 0 Å². The topological polar surface area (TPSA) is 99.3 Å². The van der Waals surface area contributed by atoms with E-state index in [4.69, 9.17) is 4.74 Å². The maximum atomic E-state index is 13.0. The summed E-state index contributed by atoms with van der Waals surface area (Å²) in [7, 11) is -3.50. The first-order chi connectivity index (χ1) is 17.8. The standard InChI is InChI=1S/C27H34N4O5S/c1-20-3-2-4-24(17-20)27(33)31-12-9-23-18-21(5-6-25(23)31)19-28-26(32)22-7-10-29(11-8-22)37(34,35)30-13-15-36-16-14-30/h2-6,17-18,22H,7-16,19H2,1H3,(H,28,32). The summed E-state index contributed by atoms with van der Waals surface area (Å²) in [5.41, 5.74) is 4.77. The normalized spacial score (nSPS) is 19.5. The Morgan fingerprint density at radius 2 is 1.70 bits per heavy atom. The summed E-state index contributed by atoms with van der Waals surface area (Å²) < 4.78 is 33.9. The summed E-state index contributed by atoms with van der Waals surface area (Å²) in [4.78, 5) is 27.7. The van der Waals surface area contributed by atoms with Gasteiger partial charge < -0.3 is 15.0 Å². The lowest BCUT2D eigenvalue weighted by Gasteiger charge is -2.35. The fourth-order valence-electron chi connectivity index (χ4n) is 5.33. The molecule has 10 heteroatoms. The van der Waals surface area contributed by atoms with Crippen molar-refractivity contribution >= 4 is 27.7 Å². The van der Waals surface area contributed by atoms with E-state index < -0.39 is 10.2 Å². The summed E-state index contributed by atoms with van der Waals surface area (Å²) in [5.74, 6) is -0.237. The fourth-order valence-corrected chi connectivity index (χ4v) is 6.94. The molecule has 0 spiro atoms. The molecule has 3 aliphatic rings. The number of rotatable bonds is 6. The summed E-state index contributed by atoms with van der Waals surface area (Å²) in [6.45, 7) is 5.31. The number of amides is 2. The van der Waals surface area contributed by atoms with E-state index in [9.17, 15) is 18.0 Å². The van der Waals surface area contributed by atoms with Crippen LogP contribution in [-0.2, 0) is 32.7 Å². The van der Waals surface area contributed by atoms with Gasteiger partial charge in [0.25, 0.3) is 16.1 Å². The third-order valence-corrected chi connectivity index (χ3v) is 9.50. The lowest BCUT2D eigenvalue weighted by Crippen LogP contribution is -2.51. The van der Waals surface area contributed by atoms with Gasteiger partial charge in [0.05, 0.1) is 13.2 Å². The number of benzene rings is 2. The zero-order chi connectivity index (χ0) is 26.0. The first-order valence-corrected chi connectivity index (χ1v) is 14.3. The molecule has 2 aromatic rings. The summed E-state index contributed by atoms with van der Waals surface area (Å²) in [6.07, 6.45) is 1.80. The molecule has 0 radical (unpaired) electrons. The number of piperidine rings is 1. The quantitative estimate of drug-likeness (QED) is 0.622. The summed E-state index contributed by atoms with van der Waals surface area (Å²) in [5, 5.41) is 3.03. The predicted molar refractivity (Wildman–Crippen MR) is 140 cm³/mol. The van der Waals surface area contributed by atoms with Crippen LogP contribution < -0.4 is 10.2 Å². The molecule has 2 aromatic carbocycles. The minimum Gasteiger partial charge on any atom is -0.379 e. The molecule has 0 atom stereocenters. The van der Waals surface area contributed by atoms with E-state index in [0.29, 0.717) is 70.9 Å². The number of hydrogen-bond acceptors (Lipinski definition) is 5. The largest absolute Gasteiger partial charge is 0.379 e. The van der Waals surface area contributed by atoms with E-state index in [1.165, 1.54) is 8.61 Å². The van der Waals surface area contributed by atoms with Crippen molar-refractivity contribution in [2.45, 2.75) is 32.7 Å². The zero-order valence-corrected chi connectivity index (χ0v) is 22.0. The Hall–Kier alpha value is -2.79. The maximum absolute atomic E-state index is 13.0. The number of carbonyl (C=O) groups excluding carboxylic acids is 2. The van der Waals surface area contributed by atoms with Crippen LogP contribution in [0.25, 0.3) is 0 Å². The van der Waals surface area contributed by atoms with E-state index >= 15 is 0 Å². The van der Waals surface area contributed by atoms with E-state index in [1.54, 1.807) is 0 Å². The predicted octanol–water partition coefficient (Wildman–Crippen LogP) is 2.10. The van der Waals surface area contributed by atoms with Crippen molar-refractivity contribution in [2.24, 2.45) is 5.92 Å². The van der Waals surface area contributed by atoms with Crippen LogP contribution in [0, 0.1) is 12.8 Å². The molecule has 1 N–H and O–H groups in total. The van der Waals surface area contributed by atoms with Gasteiger partial charge >= 0.3 is 0 Å². The first-order valence-electron chi connectivity index (χ1n) is 12.9. The van der Waals surface area contributed by atoms with Gasteiger partial charge in [-0.2, -0.15) is 17.0 Å². The molecule has 0 saturated carbocycles. The summed E-state index contributed by atoms with van der Waals surface area (Å²) in [6, 6.07) is 13.6. The van der Waals surface area contributed by atoms with Gasteiger partial charge in [0.2, 0.25) is 5.91 Å². The molecule has 9 nitrogen and oxygen atoms in total. The van der Waals surface area contributed by atoms with E-state index in [2.05, 4.69) is 11.4 Å². The number of ether oxygens (including phenoxy) is 1. The van der Waals surface area contributed by atoms with Gasteiger partial charge in [0, 0.05) is 56.4 Å². The Bertz CT molecular complexity index is 1270. The molecule has 3 aliphatic heterocycles. The molecular weight excluding hydrogens is 492 g/mol. The highest BCUT2D eigenvalue weighted by Crippen LogP contribution is 2.30. The van der Waals surface area contributed by atoms with Gasteiger partial charge in [-0.3, -0.25) is 9.59 Å². The van der Waals surface area contributed by atoms with Crippen LogP contribution in [0.3, 0.4) is 0 Å². The average molecular weight is 527 g/mol. The molecule has 0 unspecified atom stereocenters. The Morgan fingerprint density at radius 1 is 0.973 bits per heavy atom. The first kappa shape index (κ1) is 25.8. The number of morpholine rings is 1. The molecular formula is C27H34N4O5S. The fraction of sp³-hybridized carbons (Fsp3) is 0.481. The molecule has 0 aromatic heterocycles. The number of carbonyl (C=O) groups is 2. The van der Waals surface area contributed by atoms with Crippen molar-refractivity contribution in [3.05, 3.63) is 64.7 Å². The van der Waals surface area contributed by atoms with Crippen molar-refractivity contribution in [3.63, 3.8) is 0 Å². The lowest BCUT2D eigenvalue weighted by molar-refractivity contribution is -0.126. The molecule has 0 bridgehead atoms. The van der Waals surface area contributed by atoms with Crippen LogP contribution in [0.15, 0.2) is 42.5 Å². The molecule has 5 rings (SSSR count). The minimum absolute atomic E-state index is 0.00507. The molecule has 2 amide bonds. The third kappa shape index (κ3) is 5.57. The SMILES string of the molecule is Cc1cccc(C(=O)N2CCc3cc(CNC(=O)C4CCN(S(=O)(=O)N5CCOCC5)CC4)ccc32)c1. The Kier molecular flexibility index (Phi) is 7.62. The number of hydrogen-bond donors (Lipinski definition) is 1. The van der Waals surface area contributed by atoms with Crippen LogP contribution in [0.4, 0.5) is 5.69 Å². The minimum atomic E-state index is -3.50. The van der Waals surface area contributed by atoms with Gasteiger partial charge in [-0.1, -0.05) is 29.8 Å². The van der Waals surface area contributed by atoms with Crippen LogP contribution in [0.5, 0.6) is 0 Å². The highest BCUT2D eigenvalue weighted by molar-refractivity contribution is 7.86. The summed E-state index contributed by atoms with van der Waals surface area (Å²) >= 11 is 0. The van der Waals surface area contributed by atoms with Gasteiger partial charge in [0.15, 0.2) is 0 Å². The monoisotopic (exact) mass is 526 g/mol. The number of aryl methyl sites for hydroxylation is 1. The van der Waals surface area contributed by atoms with Crippen LogP contribution in [0.2, 0.25) is 0 Å². The van der Waals surface area contributed by atoms with Crippen molar-refractivity contribution in [2.75, 3.05) is 50.8 Å². The number of nitrogens with zero attached hydrogens (tertiary/aromatic N) is 3. The molecule has 0 aliphatic carbocycles. The molecule has 198 valence electrons. The number of fused-ring (bicyclic) bond motifs is 1. The lowest BCUT2D eigenvalue weighted by atomic mass is 9.97. The highest BCUT2D eigenvalue weighted by Gasteiger charge is 2.35. The highest BCUT2D eigenvalue weighted by atomic mass is 32.2. The van der Waals surface area contributed by atoms with E-state index in [1.807, 2.05) is 48.2 Å². The number of anilines is 1. The van der Waals surface area contributed by atoms with E-state index in [-0.39, 0.29) is 17.7 Å². The van der Waals surface area contributed by atoms with Gasteiger partial charge in [0.1, 0.15) is 0 Å². The van der Waals surface area contributed by atoms with Gasteiger partial charge in [-0.15, -0.1) is 0 Å². The van der Waals surface area contributed by atoms with Crippen LogP contribution >= 0.6 is 0 Å². The van der Waals surface area contributed by atoms with Crippen molar-refractivity contribution in [1.29, 1.82) is 0 Å². The van der Waals surface area contributed by atoms with E-state index in [0.717, 1.165) is 28.8 Å².